The van der Waals surface area contributed by atoms with E-state index >= 15 is 0 Å². The number of nitrogens with one attached hydrogen (secondary N) is 1. The van der Waals surface area contributed by atoms with Gasteiger partial charge in [0, 0.05) is 44.3 Å². The van der Waals surface area contributed by atoms with Crippen molar-refractivity contribution < 1.29 is 13.2 Å². The summed E-state index contributed by atoms with van der Waals surface area (Å²) in [5, 5.41) is 3.31. The molecular formula is C19H29N3O3S. The van der Waals surface area contributed by atoms with E-state index in [2.05, 4.69) is 26.1 Å². The Morgan fingerprint density at radius 3 is 2.23 bits per heavy atom. The maximum absolute atomic E-state index is 12.9. The number of sulfonamides is 1. The van der Waals surface area contributed by atoms with E-state index in [1.54, 1.807) is 28.6 Å². The van der Waals surface area contributed by atoms with Crippen molar-refractivity contribution in [1.29, 1.82) is 0 Å². The first-order valence-corrected chi connectivity index (χ1v) is 10.8. The SMILES string of the molecule is CC1CC(C)CN(S(=O)(=O)c2ccc(C(=O)N3CCNC(C)C3)cc2)C1. The molecule has 144 valence electrons. The Balaban J connectivity index is 1.75. The van der Waals surface area contributed by atoms with Crippen LogP contribution in [0, 0.1) is 11.8 Å². The third-order valence-electron chi connectivity index (χ3n) is 5.23. The molecular weight excluding hydrogens is 350 g/mol. The molecule has 1 N–H and O–H groups in total. The smallest absolute Gasteiger partial charge is 0.253 e. The van der Waals surface area contributed by atoms with Crippen molar-refractivity contribution in [1.82, 2.24) is 14.5 Å². The highest BCUT2D eigenvalue weighted by atomic mass is 32.2. The molecule has 2 aliphatic rings. The van der Waals surface area contributed by atoms with Crippen LogP contribution >= 0.6 is 0 Å². The number of benzene rings is 1. The number of rotatable bonds is 3. The van der Waals surface area contributed by atoms with Crippen LogP contribution in [0.5, 0.6) is 0 Å². The summed E-state index contributed by atoms with van der Waals surface area (Å²) in [5.74, 6) is 0.690. The lowest BCUT2D eigenvalue weighted by Gasteiger charge is -2.34. The molecule has 2 fully saturated rings. The summed E-state index contributed by atoms with van der Waals surface area (Å²) in [6.07, 6.45) is 1.06. The third kappa shape index (κ3) is 4.10. The summed E-state index contributed by atoms with van der Waals surface area (Å²) in [5.41, 5.74) is 0.540. The van der Waals surface area contributed by atoms with E-state index in [9.17, 15) is 13.2 Å². The van der Waals surface area contributed by atoms with Gasteiger partial charge in [-0.05, 0) is 49.4 Å². The molecule has 0 spiro atoms. The first-order chi connectivity index (χ1) is 12.3. The van der Waals surface area contributed by atoms with Gasteiger partial charge in [0.2, 0.25) is 10.0 Å². The van der Waals surface area contributed by atoms with E-state index in [-0.39, 0.29) is 16.8 Å². The van der Waals surface area contributed by atoms with Crippen molar-refractivity contribution >= 4 is 15.9 Å². The highest BCUT2D eigenvalue weighted by Gasteiger charge is 2.32. The van der Waals surface area contributed by atoms with Gasteiger partial charge in [-0.1, -0.05) is 13.8 Å². The normalized spacial score (nSPS) is 28.1. The Kier molecular flexibility index (Phi) is 5.69. The second-order valence-corrected chi connectivity index (χ2v) is 9.84. The van der Waals surface area contributed by atoms with Crippen LogP contribution in [-0.4, -0.2) is 62.3 Å². The maximum atomic E-state index is 12.9. The van der Waals surface area contributed by atoms with Crippen LogP contribution in [0.3, 0.4) is 0 Å². The topological polar surface area (TPSA) is 69.7 Å². The van der Waals surface area contributed by atoms with Gasteiger partial charge in [0.15, 0.2) is 0 Å². The van der Waals surface area contributed by atoms with Gasteiger partial charge < -0.3 is 10.2 Å². The molecule has 7 heteroatoms. The predicted molar refractivity (Wildman–Crippen MR) is 102 cm³/mol. The maximum Gasteiger partial charge on any atom is 0.253 e. The zero-order valence-electron chi connectivity index (χ0n) is 15.8. The number of nitrogens with zero attached hydrogens (tertiary/aromatic N) is 2. The summed E-state index contributed by atoms with van der Waals surface area (Å²) < 4.78 is 27.4. The number of piperidine rings is 1. The zero-order valence-corrected chi connectivity index (χ0v) is 16.6. The summed E-state index contributed by atoms with van der Waals surface area (Å²) >= 11 is 0. The van der Waals surface area contributed by atoms with E-state index in [1.165, 1.54) is 0 Å². The highest BCUT2D eigenvalue weighted by Crippen LogP contribution is 2.26. The Morgan fingerprint density at radius 1 is 1.04 bits per heavy atom. The van der Waals surface area contributed by atoms with Gasteiger partial charge >= 0.3 is 0 Å². The molecule has 3 rings (SSSR count). The molecule has 2 heterocycles. The van der Waals surface area contributed by atoms with Gasteiger partial charge in [0.1, 0.15) is 0 Å². The molecule has 0 saturated carbocycles. The van der Waals surface area contributed by atoms with Crippen molar-refractivity contribution in [3.8, 4) is 0 Å². The third-order valence-corrected chi connectivity index (χ3v) is 7.08. The first-order valence-electron chi connectivity index (χ1n) is 9.40. The van der Waals surface area contributed by atoms with Gasteiger partial charge in [0.25, 0.3) is 5.91 Å². The van der Waals surface area contributed by atoms with Crippen molar-refractivity contribution in [2.24, 2.45) is 11.8 Å². The molecule has 0 radical (unpaired) electrons. The lowest BCUT2D eigenvalue weighted by Crippen LogP contribution is -2.51. The number of piperazine rings is 1. The second-order valence-electron chi connectivity index (χ2n) is 7.90. The van der Waals surface area contributed by atoms with E-state index in [1.807, 2.05) is 4.90 Å². The van der Waals surface area contributed by atoms with Crippen molar-refractivity contribution in [3.05, 3.63) is 29.8 Å². The molecule has 1 amide bonds. The predicted octanol–water partition coefficient (Wildman–Crippen LogP) is 1.79. The lowest BCUT2D eigenvalue weighted by atomic mass is 9.94. The van der Waals surface area contributed by atoms with Crippen molar-refractivity contribution in [2.45, 2.75) is 38.1 Å². The Morgan fingerprint density at radius 2 is 1.65 bits per heavy atom. The number of carbonyl (C=O) groups excluding carboxylic acids is 1. The van der Waals surface area contributed by atoms with Crippen LogP contribution in [0.4, 0.5) is 0 Å². The minimum absolute atomic E-state index is 0.0393. The molecule has 3 unspecified atom stereocenters. The van der Waals surface area contributed by atoms with E-state index < -0.39 is 10.0 Å². The monoisotopic (exact) mass is 379 g/mol. The molecule has 3 atom stereocenters. The van der Waals surface area contributed by atoms with Crippen LogP contribution in [0.1, 0.15) is 37.6 Å². The Bertz CT molecular complexity index is 738. The molecule has 0 aliphatic carbocycles. The van der Waals surface area contributed by atoms with E-state index in [4.69, 9.17) is 0 Å². The van der Waals surface area contributed by atoms with E-state index in [0.717, 1.165) is 13.0 Å². The molecule has 2 saturated heterocycles. The molecule has 6 nitrogen and oxygen atoms in total. The standard InChI is InChI=1S/C19H29N3O3S/c1-14-10-15(2)12-22(11-14)26(24,25)18-6-4-17(5-7-18)19(23)21-9-8-20-16(3)13-21/h4-7,14-16,20H,8-13H2,1-3H3. The fourth-order valence-electron chi connectivity index (χ4n) is 4.02. The molecule has 0 bridgehead atoms. The average Bonchev–Trinajstić information content (AvgIpc) is 2.60. The summed E-state index contributed by atoms with van der Waals surface area (Å²) in [6.45, 7) is 9.48. The van der Waals surface area contributed by atoms with Crippen LogP contribution in [0.2, 0.25) is 0 Å². The van der Waals surface area contributed by atoms with Crippen molar-refractivity contribution in [2.75, 3.05) is 32.7 Å². The first kappa shape index (κ1) is 19.3. The van der Waals surface area contributed by atoms with Gasteiger partial charge in [-0.2, -0.15) is 4.31 Å². The van der Waals surface area contributed by atoms with Crippen LogP contribution in [0.25, 0.3) is 0 Å². The molecule has 26 heavy (non-hydrogen) atoms. The lowest BCUT2D eigenvalue weighted by molar-refractivity contribution is 0.0709. The fourth-order valence-corrected chi connectivity index (χ4v) is 5.70. The van der Waals surface area contributed by atoms with Crippen LogP contribution < -0.4 is 5.32 Å². The average molecular weight is 380 g/mol. The van der Waals surface area contributed by atoms with Crippen molar-refractivity contribution in [3.63, 3.8) is 0 Å². The van der Waals surface area contributed by atoms with Crippen LogP contribution in [0.15, 0.2) is 29.2 Å². The van der Waals surface area contributed by atoms with Gasteiger partial charge in [-0.25, -0.2) is 8.42 Å². The minimum atomic E-state index is -3.51. The summed E-state index contributed by atoms with van der Waals surface area (Å²) in [7, 11) is -3.51. The molecule has 1 aromatic carbocycles. The highest BCUT2D eigenvalue weighted by molar-refractivity contribution is 7.89. The largest absolute Gasteiger partial charge is 0.336 e. The molecule has 2 aliphatic heterocycles. The summed E-state index contributed by atoms with van der Waals surface area (Å²) in [6, 6.07) is 6.68. The second kappa shape index (κ2) is 7.66. The quantitative estimate of drug-likeness (QED) is 0.869. The number of hydrogen-bond donors (Lipinski definition) is 1. The van der Waals surface area contributed by atoms with Crippen LogP contribution in [-0.2, 0) is 10.0 Å². The Labute approximate surface area is 156 Å². The van der Waals surface area contributed by atoms with Gasteiger partial charge in [0.05, 0.1) is 4.90 Å². The fraction of sp³-hybridized carbons (Fsp3) is 0.632. The van der Waals surface area contributed by atoms with Gasteiger partial charge in [-0.3, -0.25) is 4.79 Å². The molecule has 1 aromatic rings. The number of amides is 1. The number of carbonyl (C=O) groups is 1. The molecule has 0 aromatic heterocycles. The zero-order chi connectivity index (χ0) is 18.9. The minimum Gasteiger partial charge on any atom is -0.336 e. The van der Waals surface area contributed by atoms with Gasteiger partial charge in [-0.15, -0.1) is 0 Å². The number of hydrogen-bond acceptors (Lipinski definition) is 4. The summed E-state index contributed by atoms with van der Waals surface area (Å²) in [4.78, 5) is 14.7. The Hall–Kier alpha value is -1.44. The van der Waals surface area contributed by atoms with E-state index in [0.29, 0.717) is 43.6 Å².